The Morgan fingerprint density at radius 1 is 0.659 bits per heavy atom. The maximum atomic E-state index is 13.9. The van der Waals surface area contributed by atoms with Gasteiger partial charge in [-0.3, -0.25) is 72.6 Å². The molecule has 7 N–H and O–H groups in total. The molecule has 498 valence electrons. The summed E-state index contributed by atoms with van der Waals surface area (Å²) in [4.78, 5) is 131. The van der Waals surface area contributed by atoms with Crippen LogP contribution in [-0.4, -0.2) is 270 Å². The number of unbranched alkanes of at least 4 members (excludes halogenated alkanes) is 3. The normalized spacial score (nSPS) is 17.6. The summed E-state index contributed by atoms with van der Waals surface area (Å²) in [5.41, 5.74) is 3.03. The van der Waals surface area contributed by atoms with Crippen molar-refractivity contribution in [2.24, 2.45) is 0 Å². The molecule has 1 aromatic heterocycles. The minimum atomic E-state index is -3.17. The fraction of sp³-hybridized carbons (Fsp3) is 0.603. The molecule has 28 heteroatoms. The fourth-order valence-electron chi connectivity index (χ4n) is 11.2. The molecule has 3 aliphatic rings. The van der Waals surface area contributed by atoms with Gasteiger partial charge in [-0.2, -0.15) is 5.26 Å². The summed E-state index contributed by atoms with van der Waals surface area (Å²) in [7, 11) is 0. The SMILES string of the molecule is Cc1ccc(CCCC(=O)NCCCC(NC(=O)CN2CCN(CC(=O)O)CCN(CC(=O)O)CCN(CC(=O)O)CC2)C(=O)NCCCCCC(=O)N2CCN(CCCCOc3ccc4nccc(C(=O)NCC(=O)N5CC(F)(F)C[C@@H]5C#N)c4c3)CC2)cc1. The number of carboxylic acids is 3. The molecular formula is C63H89F2N13O13. The van der Waals surface area contributed by atoms with Crippen molar-refractivity contribution in [2.75, 3.05) is 144 Å². The summed E-state index contributed by atoms with van der Waals surface area (Å²) in [5.74, 6) is -8.22. The zero-order valence-corrected chi connectivity index (χ0v) is 52.1. The van der Waals surface area contributed by atoms with Crippen LogP contribution in [0.4, 0.5) is 8.78 Å². The number of amides is 6. The number of rotatable bonds is 33. The number of piperazine rings is 1. The number of fused-ring (bicyclic) bond motifs is 1. The molecule has 3 aromatic rings. The first kappa shape index (κ1) is 72.1. The number of hydrogen-bond acceptors (Lipinski definition) is 17. The van der Waals surface area contributed by atoms with E-state index in [-0.39, 0.29) is 109 Å². The van der Waals surface area contributed by atoms with Gasteiger partial charge in [0, 0.05) is 122 Å². The number of halogens is 2. The number of hydrogen-bond donors (Lipinski definition) is 7. The Kier molecular flexibility index (Phi) is 29.6. The van der Waals surface area contributed by atoms with Gasteiger partial charge in [-0.05, 0) is 94.7 Å². The molecule has 6 amide bonds. The van der Waals surface area contributed by atoms with Crippen LogP contribution in [0.5, 0.6) is 5.75 Å². The highest BCUT2D eigenvalue weighted by Crippen LogP contribution is 2.32. The van der Waals surface area contributed by atoms with Crippen molar-refractivity contribution >= 4 is 64.3 Å². The molecule has 3 saturated heterocycles. The number of nitrogens with one attached hydrogen (secondary N) is 4. The van der Waals surface area contributed by atoms with Gasteiger partial charge in [-0.1, -0.05) is 36.2 Å². The predicted octanol–water partition coefficient (Wildman–Crippen LogP) is 1.89. The van der Waals surface area contributed by atoms with E-state index in [1.165, 1.54) is 12.3 Å². The third-order valence-electron chi connectivity index (χ3n) is 16.3. The summed E-state index contributed by atoms with van der Waals surface area (Å²) in [6.07, 6.45) is 6.81. The van der Waals surface area contributed by atoms with E-state index >= 15 is 0 Å². The summed E-state index contributed by atoms with van der Waals surface area (Å²) in [6, 6.07) is 14.3. The highest BCUT2D eigenvalue weighted by Gasteiger charge is 2.47. The maximum absolute atomic E-state index is 13.9. The lowest BCUT2D eigenvalue weighted by atomic mass is 10.1. The largest absolute Gasteiger partial charge is 0.494 e. The first-order chi connectivity index (χ1) is 43.6. The van der Waals surface area contributed by atoms with E-state index in [9.17, 15) is 72.5 Å². The molecule has 4 heterocycles. The van der Waals surface area contributed by atoms with E-state index in [0.717, 1.165) is 54.9 Å². The molecule has 2 atom stereocenters. The number of pyridine rings is 1. The van der Waals surface area contributed by atoms with Gasteiger partial charge in [0.2, 0.25) is 29.5 Å². The Morgan fingerprint density at radius 3 is 1.88 bits per heavy atom. The van der Waals surface area contributed by atoms with E-state index in [2.05, 4.69) is 31.2 Å². The van der Waals surface area contributed by atoms with Crippen LogP contribution in [0.15, 0.2) is 54.7 Å². The van der Waals surface area contributed by atoms with Crippen molar-refractivity contribution in [3.8, 4) is 11.8 Å². The number of carbonyl (C=O) groups is 9. The molecular weight excluding hydrogens is 1180 g/mol. The number of aromatic nitrogens is 1. The molecule has 3 fully saturated rings. The van der Waals surface area contributed by atoms with Gasteiger partial charge in [0.15, 0.2) is 0 Å². The maximum Gasteiger partial charge on any atom is 0.317 e. The zero-order chi connectivity index (χ0) is 65.7. The number of alkyl halides is 2. The molecule has 6 rings (SSSR count). The van der Waals surface area contributed by atoms with E-state index < -0.39 is 79.1 Å². The van der Waals surface area contributed by atoms with E-state index in [0.29, 0.717) is 87.8 Å². The second-order valence-electron chi connectivity index (χ2n) is 23.6. The molecule has 0 spiro atoms. The highest BCUT2D eigenvalue weighted by atomic mass is 19.3. The number of likely N-dealkylation sites (tertiary alicyclic amines) is 1. The van der Waals surface area contributed by atoms with Crippen molar-refractivity contribution in [3.63, 3.8) is 0 Å². The van der Waals surface area contributed by atoms with E-state index in [1.807, 2.05) is 36.1 Å². The zero-order valence-electron chi connectivity index (χ0n) is 52.1. The monoisotopic (exact) mass is 1270 g/mol. The lowest BCUT2D eigenvalue weighted by molar-refractivity contribution is -0.140. The Morgan fingerprint density at radius 2 is 1.26 bits per heavy atom. The molecule has 91 heavy (non-hydrogen) atoms. The van der Waals surface area contributed by atoms with Crippen LogP contribution in [0, 0.1) is 18.3 Å². The van der Waals surface area contributed by atoms with Crippen molar-refractivity contribution in [1.82, 2.24) is 60.6 Å². The van der Waals surface area contributed by atoms with Gasteiger partial charge >= 0.3 is 17.9 Å². The third kappa shape index (κ3) is 26.0. The van der Waals surface area contributed by atoms with E-state index in [4.69, 9.17) is 4.74 Å². The molecule has 1 unspecified atom stereocenters. The number of aliphatic carboxylic acids is 3. The minimum Gasteiger partial charge on any atom is -0.494 e. The number of ether oxygens (including phenoxy) is 1. The van der Waals surface area contributed by atoms with Gasteiger partial charge in [-0.15, -0.1) is 0 Å². The van der Waals surface area contributed by atoms with Gasteiger partial charge in [0.25, 0.3) is 11.8 Å². The second kappa shape index (κ2) is 37.4. The second-order valence-corrected chi connectivity index (χ2v) is 23.6. The molecule has 26 nitrogen and oxygen atoms in total. The summed E-state index contributed by atoms with van der Waals surface area (Å²) < 4.78 is 33.8. The van der Waals surface area contributed by atoms with E-state index in [1.54, 1.807) is 43.9 Å². The third-order valence-corrected chi connectivity index (χ3v) is 16.3. The predicted molar refractivity (Wildman–Crippen MR) is 331 cm³/mol. The first-order valence-electron chi connectivity index (χ1n) is 31.4. The lowest BCUT2D eigenvalue weighted by Crippen LogP contribution is -2.52. The fourth-order valence-corrected chi connectivity index (χ4v) is 11.2. The van der Waals surface area contributed by atoms with Crippen molar-refractivity contribution in [3.05, 3.63) is 71.4 Å². The summed E-state index contributed by atoms with van der Waals surface area (Å²) >= 11 is 0. The molecule has 3 aliphatic heterocycles. The Bertz CT molecular complexity index is 2930. The van der Waals surface area contributed by atoms with Crippen molar-refractivity contribution < 1.29 is 72.0 Å². The van der Waals surface area contributed by atoms with Crippen LogP contribution in [0.25, 0.3) is 10.9 Å². The number of nitriles is 1. The number of benzene rings is 2. The number of aryl methyl sites for hydroxylation is 2. The minimum absolute atomic E-state index is 0.0601. The Hall–Kier alpha value is -7.97. The van der Waals surface area contributed by atoms with Gasteiger partial charge in [0.05, 0.1) is 63.0 Å². The average molecular weight is 1270 g/mol. The quantitative estimate of drug-likeness (QED) is 0.0428. The molecule has 2 aromatic carbocycles. The molecule has 0 saturated carbocycles. The van der Waals surface area contributed by atoms with Gasteiger partial charge < -0.3 is 51.1 Å². The number of carboxylic acid groups (broad SMARTS) is 3. The van der Waals surface area contributed by atoms with Gasteiger partial charge in [-0.25, -0.2) is 8.78 Å². The topological polar surface area (TPSA) is 331 Å². The standard InChI is InChI=1S/C63H89F2N13O13/c1-46-13-15-47(16-14-46)9-7-11-54(79)68-21-8-10-53(71-55(80)41-73-24-26-74(42-58(83)84)28-30-76(44-60(87)88)31-29-75(27-25-73)43-59(85)86)62(90)69-20-4-2-3-12-56(81)77-34-32-72(33-35-77)23-5-6-36-91-49-17-18-52-51(37-49)50(19-22-67-52)61(89)70-40-57(82)78-45-63(64,65)38-48(78)39-66/h13-19,22,37,48,53H,2-12,20-21,23-36,38,40-45H2,1H3,(H,68,79)(H,69,90)(H,70,89)(H,71,80)(H,83,84)(H,85,86)(H,87,88)/t48-,53?/m1/s1. The van der Waals surface area contributed by atoms with Crippen molar-refractivity contribution in [1.29, 1.82) is 5.26 Å². The highest BCUT2D eigenvalue weighted by molar-refractivity contribution is 6.07. The summed E-state index contributed by atoms with van der Waals surface area (Å²) in [5, 5.41) is 49.8. The van der Waals surface area contributed by atoms with Crippen LogP contribution in [0.2, 0.25) is 0 Å². The molecule has 0 aliphatic carbocycles. The van der Waals surface area contributed by atoms with Crippen LogP contribution in [-0.2, 0) is 44.8 Å². The number of nitrogens with zero attached hydrogens (tertiary/aromatic N) is 9. The summed E-state index contributed by atoms with van der Waals surface area (Å²) in [6.45, 7) is 5.59. The molecule has 0 radical (unpaired) electrons. The average Bonchev–Trinajstić information content (AvgIpc) is 1.96. The smallest absolute Gasteiger partial charge is 0.317 e. The lowest BCUT2D eigenvalue weighted by Gasteiger charge is -2.34. The van der Waals surface area contributed by atoms with Crippen molar-refractivity contribution in [2.45, 2.75) is 102 Å². The Balaban J connectivity index is 0.909. The van der Waals surface area contributed by atoms with Crippen LogP contribution >= 0.6 is 0 Å². The first-order valence-corrected chi connectivity index (χ1v) is 31.4. The number of carbonyl (C=O) groups excluding carboxylic acids is 6. The molecule has 0 bridgehead atoms. The van der Waals surface area contributed by atoms with Crippen LogP contribution in [0.1, 0.15) is 92.1 Å². The van der Waals surface area contributed by atoms with Gasteiger partial charge in [0.1, 0.15) is 17.8 Å². The van der Waals surface area contributed by atoms with Crippen LogP contribution < -0.4 is 26.0 Å². The Labute approximate surface area is 529 Å². The van der Waals surface area contributed by atoms with Crippen LogP contribution in [0.3, 0.4) is 0 Å².